The molecule has 17 heavy (non-hydrogen) atoms. The molecule has 0 saturated carbocycles. The van der Waals surface area contributed by atoms with Crippen molar-refractivity contribution in [3.63, 3.8) is 0 Å². The lowest BCUT2D eigenvalue weighted by molar-refractivity contribution is 0.517. The Hall–Kier alpha value is -1.68. The fraction of sp³-hybridized carbons (Fsp3) is 0.385. The largest absolute Gasteiger partial charge is 0.338 e. The smallest absolute Gasteiger partial charge is 0.110 e. The summed E-state index contributed by atoms with van der Waals surface area (Å²) in [7, 11) is 2.02. The quantitative estimate of drug-likeness (QED) is 0.850. The van der Waals surface area contributed by atoms with Crippen LogP contribution in [0.15, 0.2) is 36.8 Å². The molecule has 4 nitrogen and oxygen atoms in total. The second kappa shape index (κ2) is 5.59. The van der Waals surface area contributed by atoms with Crippen LogP contribution in [-0.4, -0.2) is 21.1 Å². The third-order valence-electron chi connectivity index (χ3n) is 2.80. The number of hydrogen-bond donors (Lipinski definition) is 1. The average Bonchev–Trinajstić information content (AvgIpc) is 2.76. The van der Waals surface area contributed by atoms with E-state index in [9.17, 15) is 0 Å². The van der Waals surface area contributed by atoms with E-state index in [1.807, 2.05) is 42.3 Å². The van der Waals surface area contributed by atoms with E-state index in [2.05, 4.69) is 28.3 Å². The molecule has 2 aromatic heterocycles. The Labute approximate surface area is 102 Å². The molecular weight excluding hydrogens is 212 g/mol. The van der Waals surface area contributed by atoms with Crippen molar-refractivity contribution >= 4 is 0 Å². The van der Waals surface area contributed by atoms with Crippen LogP contribution < -0.4 is 5.32 Å². The summed E-state index contributed by atoms with van der Waals surface area (Å²) in [6.07, 6.45) is 6.49. The standard InChI is InChI=1S/C13H18N4/c1-3-14-12(11-6-4-5-7-15-11)10-13-16-8-9-17(13)2/h4-9,12,14H,3,10H2,1-2H3. The van der Waals surface area contributed by atoms with E-state index in [4.69, 9.17) is 0 Å². The molecule has 1 unspecified atom stereocenters. The zero-order chi connectivity index (χ0) is 12.1. The predicted octanol–water partition coefficient (Wildman–Crippen LogP) is 1.71. The first-order valence-corrected chi connectivity index (χ1v) is 5.91. The molecular formula is C13H18N4. The maximum absolute atomic E-state index is 4.41. The highest BCUT2D eigenvalue weighted by Gasteiger charge is 2.14. The summed E-state index contributed by atoms with van der Waals surface area (Å²) in [6, 6.07) is 6.23. The van der Waals surface area contributed by atoms with Crippen LogP contribution in [0.3, 0.4) is 0 Å². The molecule has 90 valence electrons. The fourth-order valence-electron chi connectivity index (χ4n) is 1.89. The summed E-state index contributed by atoms with van der Waals surface area (Å²) < 4.78 is 2.05. The molecule has 0 aliphatic heterocycles. The van der Waals surface area contributed by atoms with Crippen LogP contribution in [0.2, 0.25) is 0 Å². The van der Waals surface area contributed by atoms with Gasteiger partial charge in [0, 0.05) is 32.1 Å². The van der Waals surface area contributed by atoms with Gasteiger partial charge in [-0.15, -0.1) is 0 Å². The van der Waals surface area contributed by atoms with Crippen molar-refractivity contribution in [2.24, 2.45) is 7.05 Å². The van der Waals surface area contributed by atoms with E-state index in [1.54, 1.807) is 0 Å². The predicted molar refractivity (Wildman–Crippen MR) is 67.6 cm³/mol. The van der Waals surface area contributed by atoms with Gasteiger partial charge in [-0.1, -0.05) is 13.0 Å². The number of aromatic nitrogens is 3. The molecule has 2 heterocycles. The van der Waals surface area contributed by atoms with E-state index in [0.717, 1.165) is 24.5 Å². The number of nitrogens with one attached hydrogen (secondary N) is 1. The number of pyridine rings is 1. The van der Waals surface area contributed by atoms with Gasteiger partial charge in [0.25, 0.3) is 0 Å². The monoisotopic (exact) mass is 230 g/mol. The number of likely N-dealkylation sites (N-methyl/N-ethyl adjacent to an activating group) is 1. The summed E-state index contributed by atoms with van der Waals surface area (Å²) in [5.41, 5.74) is 1.07. The first-order chi connectivity index (χ1) is 8.31. The number of rotatable bonds is 5. The van der Waals surface area contributed by atoms with Gasteiger partial charge in [-0.25, -0.2) is 4.98 Å². The molecule has 1 atom stereocenters. The van der Waals surface area contributed by atoms with Gasteiger partial charge in [-0.3, -0.25) is 4.98 Å². The molecule has 0 amide bonds. The van der Waals surface area contributed by atoms with Crippen LogP contribution in [0.4, 0.5) is 0 Å². The summed E-state index contributed by atoms with van der Waals surface area (Å²) >= 11 is 0. The van der Waals surface area contributed by atoms with Crippen LogP contribution in [-0.2, 0) is 13.5 Å². The minimum absolute atomic E-state index is 0.224. The zero-order valence-electron chi connectivity index (χ0n) is 10.3. The minimum atomic E-state index is 0.224. The molecule has 0 aromatic carbocycles. The van der Waals surface area contributed by atoms with E-state index in [0.29, 0.717) is 0 Å². The van der Waals surface area contributed by atoms with Crippen LogP contribution in [0.1, 0.15) is 24.5 Å². The van der Waals surface area contributed by atoms with Crippen molar-refractivity contribution in [1.29, 1.82) is 0 Å². The van der Waals surface area contributed by atoms with Gasteiger partial charge in [0.05, 0.1) is 11.7 Å². The molecule has 0 spiro atoms. The Balaban J connectivity index is 2.16. The fourth-order valence-corrected chi connectivity index (χ4v) is 1.89. The van der Waals surface area contributed by atoms with Gasteiger partial charge in [0.15, 0.2) is 0 Å². The molecule has 0 radical (unpaired) electrons. The summed E-state index contributed by atoms with van der Waals surface area (Å²) in [5, 5.41) is 3.45. The minimum Gasteiger partial charge on any atom is -0.338 e. The van der Waals surface area contributed by atoms with Crippen LogP contribution in [0.25, 0.3) is 0 Å². The second-order valence-corrected chi connectivity index (χ2v) is 4.02. The zero-order valence-corrected chi connectivity index (χ0v) is 10.3. The highest BCUT2D eigenvalue weighted by molar-refractivity contribution is 5.11. The maximum atomic E-state index is 4.41. The van der Waals surface area contributed by atoms with Crippen molar-refractivity contribution in [3.8, 4) is 0 Å². The van der Waals surface area contributed by atoms with E-state index in [1.165, 1.54) is 0 Å². The molecule has 0 fully saturated rings. The molecule has 1 N–H and O–H groups in total. The Bertz CT molecular complexity index is 449. The Kier molecular flexibility index (Phi) is 3.88. The number of imidazole rings is 1. The highest BCUT2D eigenvalue weighted by atomic mass is 15.0. The van der Waals surface area contributed by atoms with E-state index in [-0.39, 0.29) is 6.04 Å². The van der Waals surface area contributed by atoms with E-state index >= 15 is 0 Å². The molecule has 2 aromatic rings. The molecule has 0 bridgehead atoms. The summed E-state index contributed by atoms with van der Waals surface area (Å²) in [6.45, 7) is 3.03. The average molecular weight is 230 g/mol. The molecule has 0 saturated heterocycles. The van der Waals surface area contributed by atoms with Gasteiger partial charge >= 0.3 is 0 Å². The van der Waals surface area contributed by atoms with Crippen molar-refractivity contribution in [2.75, 3.05) is 6.54 Å². The van der Waals surface area contributed by atoms with Crippen molar-refractivity contribution in [3.05, 3.63) is 48.3 Å². The Morgan fingerprint density at radius 1 is 1.29 bits per heavy atom. The highest BCUT2D eigenvalue weighted by Crippen LogP contribution is 2.14. The van der Waals surface area contributed by atoms with Gasteiger partial charge in [0.1, 0.15) is 5.82 Å². The van der Waals surface area contributed by atoms with Gasteiger partial charge in [0.2, 0.25) is 0 Å². The van der Waals surface area contributed by atoms with Crippen LogP contribution in [0, 0.1) is 0 Å². The SMILES string of the molecule is CCNC(Cc1nccn1C)c1ccccn1. The molecule has 0 aliphatic carbocycles. The van der Waals surface area contributed by atoms with Crippen molar-refractivity contribution in [2.45, 2.75) is 19.4 Å². The van der Waals surface area contributed by atoms with Crippen molar-refractivity contribution in [1.82, 2.24) is 19.9 Å². The number of nitrogens with zero attached hydrogens (tertiary/aromatic N) is 3. The summed E-state index contributed by atoms with van der Waals surface area (Å²) in [4.78, 5) is 8.77. The molecule has 4 heteroatoms. The Morgan fingerprint density at radius 2 is 2.18 bits per heavy atom. The normalized spacial score (nSPS) is 12.6. The first kappa shape index (κ1) is 11.8. The lowest BCUT2D eigenvalue weighted by Crippen LogP contribution is -2.24. The summed E-state index contributed by atoms with van der Waals surface area (Å²) in [5.74, 6) is 1.07. The molecule has 2 rings (SSSR count). The topological polar surface area (TPSA) is 42.7 Å². The third kappa shape index (κ3) is 2.91. The lowest BCUT2D eigenvalue weighted by atomic mass is 10.1. The van der Waals surface area contributed by atoms with E-state index < -0.39 is 0 Å². The number of hydrogen-bond acceptors (Lipinski definition) is 3. The second-order valence-electron chi connectivity index (χ2n) is 4.02. The van der Waals surface area contributed by atoms with Gasteiger partial charge in [-0.2, -0.15) is 0 Å². The Morgan fingerprint density at radius 3 is 2.76 bits per heavy atom. The van der Waals surface area contributed by atoms with Gasteiger partial charge < -0.3 is 9.88 Å². The first-order valence-electron chi connectivity index (χ1n) is 5.91. The third-order valence-corrected chi connectivity index (χ3v) is 2.80. The molecule has 0 aliphatic rings. The van der Waals surface area contributed by atoms with Crippen molar-refractivity contribution < 1.29 is 0 Å². The maximum Gasteiger partial charge on any atom is 0.110 e. The lowest BCUT2D eigenvalue weighted by Gasteiger charge is -2.16. The van der Waals surface area contributed by atoms with Crippen LogP contribution >= 0.6 is 0 Å². The number of aryl methyl sites for hydroxylation is 1. The van der Waals surface area contributed by atoms with Crippen LogP contribution in [0.5, 0.6) is 0 Å². The van der Waals surface area contributed by atoms with Gasteiger partial charge in [-0.05, 0) is 18.7 Å².